The van der Waals surface area contributed by atoms with Crippen LogP contribution in [0.15, 0.2) is 51.1 Å². The Bertz CT molecular complexity index is 1900. The van der Waals surface area contributed by atoms with Crippen LogP contribution in [0.25, 0.3) is 0 Å². The summed E-state index contributed by atoms with van der Waals surface area (Å²) in [7, 11) is -10.5. The zero-order chi connectivity index (χ0) is 30.6. The third-order valence-corrected chi connectivity index (χ3v) is 8.26. The summed E-state index contributed by atoms with van der Waals surface area (Å²) < 4.78 is 93.1. The molecule has 216 valence electrons. The van der Waals surface area contributed by atoms with Gasteiger partial charge in [0, 0.05) is 27.2 Å². The molecule has 3 aromatic rings. The minimum absolute atomic E-state index is 0.0254. The van der Waals surface area contributed by atoms with E-state index in [4.69, 9.17) is 10.5 Å². The maximum absolute atomic E-state index is 12.6. The van der Waals surface area contributed by atoms with Gasteiger partial charge < -0.3 is 15.5 Å². The molecule has 0 atom stereocenters. The second-order valence-corrected chi connectivity index (χ2v) is 12.7. The number of benzene rings is 2. The van der Waals surface area contributed by atoms with Crippen molar-refractivity contribution in [3.8, 4) is 12.1 Å². The third kappa shape index (κ3) is 7.82. The quantitative estimate of drug-likeness (QED) is 0.142. The van der Waals surface area contributed by atoms with E-state index in [9.17, 15) is 34.4 Å². The molecule has 0 fully saturated rings. The van der Waals surface area contributed by atoms with Crippen molar-refractivity contribution in [3.05, 3.63) is 47.5 Å². The Morgan fingerprint density at radius 2 is 1.44 bits per heavy atom. The van der Waals surface area contributed by atoms with Crippen LogP contribution in [0.4, 0.5) is 23.5 Å². The van der Waals surface area contributed by atoms with Crippen LogP contribution in [0.2, 0.25) is 0 Å². The van der Waals surface area contributed by atoms with E-state index in [1.54, 1.807) is 26.2 Å². The van der Waals surface area contributed by atoms with E-state index in [1.807, 2.05) is 0 Å². The van der Waals surface area contributed by atoms with Gasteiger partial charge in [-0.2, -0.15) is 42.3 Å². The van der Waals surface area contributed by atoms with Gasteiger partial charge in [-0.1, -0.05) is 0 Å². The van der Waals surface area contributed by atoms with Crippen LogP contribution in [0.3, 0.4) is 0 Å². The highest BCUT2D eigenvalue weighted by Crippen LogP contribution is 2.27. The molecule has 0 spiro atoms. The average Bonchev–Trinajstić information content (AvgIpc) is 2.89. The molecule has 1 heterocycles. The van der Waals surface area contributed by atoms with Gasteiger partial charge in [0.15, 0.2) is 0 Å². The zero-order valence-corrected chi connectivity index (χ0v) is 23.6. The van der Waals surface area contributed by atoms with E-state index in [0.717, 1.165) is 24.3 Å². The summed E-state index contributed by atoms with van der Waals surface area (Å²) in [5.41, 5.74) is -0.553. The molecule has 17 nitrogen and oxygen atoms in total. The largest absolute Gasteiger partial charge is 0.353 e. The second-order valence-electron chi connectivity index (χ2n) is 8.17. The standard InChI is InChI=1S/C21H21N9O8S3/c1-30(2)21-28-19(24-7-8-25-39(31,32)15-4-3-13(11-22)14(9-15)12-23)27-20(29-21)26-17-10-16(40(33,34)35)5-6-18(17)41(36,37)38/h3-6,9-10,25H,7-8H2,1-2H3,(H,33,34,35)(H,36,37,38)(H2,24,26,27,28,29). The fraction of sp³-hybridized carbons (Fsp3) is 0.190. The van der Waals surface area contributed by atoms with E-state index in [-0.39, 0.29) is 47.0 Å². The molecule has 41 heavy (non-hydrogen) atoms. The highest BCUT2D eigenvalue weighted by molar-refractivity contribution is 7.89. The summed E-state index contributed by atoms with van der Waals surface area (Å²) in [5.74, 6) is -0.354. The van der Waals surface area contributed by atoms with E-state index in [2.05, 4.69) is 30.3 Å². The van der Waals surface area contributed by atoms with Gasteiger partial charge in [0.2, 0.25) is 27.9 Å². The number of anilines is 4. The van der Waals surface area contributed by atoms with E-state index < -0.39 is 45.7 Å². The second kappa shape index (κ2) is 12.0. The maximum Gasteiger partial charge on any atom is 0.296 e. The first-order valence-corrected chi connectivity index (χ1v) is 15.4. The lowest BCUT2D eigenvalue weighted by Crippen LogP contribution is -2.29. The first-order valence-electron chi connectivity index (χ1n) is 11.0. The summed E-state index contributed by atoms with van der Waals surface area (Å²) in [4.78, 5) is 12.1. The van der Waals surface area contributed by atoms with Crippen LogP contribution >= 0.6 is 0 Å². The van der Waals surface area contributed by atoms with E-state index in [0.29, 0.717) is 0 Å². The van der Waals surface area contributed by atoms with Crippen LogP contribution in [-0.2, 0) is 30.3 Å². The molecule has 20 heteroatoms. The summed E-state index contributed by atoms with van der Waals surface area (Å²) in [6, 6.07) is 9.30. The first-order chi connectivity index (χ1) is 19.0. The number of aromatic nitrogens is 3. The Kier molecular flexibility index (Phi) is 9.08. The van der Waals surface area contributed by atoms with Gasteiger partial charge in [0.25, 0.3) is 20.2 Å². The summed E-state index contributed by atoms with van der Waals surface area (Å²) in [5, 5.41) is 23.4. The Balaban J connectivity index is 1.83. The van der Waals surface area contributed by atoms with Gasteiger partial charge in [-0.3, -0.25) is 9.11 Å². The average molecular weight is 624 g/mol. The van der Waals surface area contributed by atoms with Crippen LogP contribution < -0.4 is 20.3 Å². The van der Waals surface area contributed by atoms with Crippen molar-refractivity contribution in [3.63, 3.8) is 0 Å². The molecular formula is C21H21N9O8S3. The monoisotopic (exact) mass is 623 g/mol. The molecule has 0 bridgehead atoms. The van der Waals surface area contributed by atoms with Gasteiger partial charge in [-0.05, 0) is 36.4 Å². The molecule has 5 N–H and O–H groups in total. The third-order valence-electron chi connectivity index (χ3n) is 5.04. The minimum atomic E-state index is -4.85. The number of nitrogens with zero attached hydrogens (tertiary/aromatic N) is 6. The Labute approximate surface area is 235 Å². The summed E-state index contributed by atoms with van der Waals surface area (Å²) >= 11 is 0. The number of hydrogen-bond donors (Lipinski definition) is 5. The van der Waals surface area contributed by atoms with Crippen molar-refractivity contribution in [1.29, 1.82) is 10.5 Å². The smallest absolute Gasteiger partial charge is 0.296 e. The van der Waals surface area contributed by atoms with Crippen molar-refractivity contribution < 1.29 is 34.4 Å². The highest BCUT2D eigenvalue weighted by atomic mass is 32.2. The first kappa shape index (κ1) is 31.1. The molecular weight excluding hydrogens is 602 g/mol. The lowest BCUT2D eigenvalue weighted by atomic mass is 10.1. The van der Waals surface area contributed by atoms with Crippen LogP contribution in [0.1, 0.15) is 11.1 Å². The molecule has 0 radical (unpaired) electrons. The highest BCUT2D eigenvalue weighted by Gasteiger charge is 2.21. The molecule has 0 aliphatic carbocycles. The predicted octanol–water partition coefficient (Wildman–Crippen LogP) is 0.308. The van der Waals surface area contributed by atoms with Gasteiger partial charge >= 0.3 is 0 Å². The van der Waals surface area contributed by atoms with Crippen molar-refractivity contribution in [2.75, 3.05) is 42.7 Å². The zero-order valence-electron chi connectivity index (χ0n) is 21.1. The van der Waals surface area contributed by atoms with Gasteiger partial charge in [0.05, 0.1) is 26.6 Å². The van der Waals surface area contributed by atoms with Crippen LogP contribution in [0, 0.1) is 22.7 Å². The molecule has 0 aliphatic heterocycles. The minimum Gasteiger partial charge on any atom is -0.353 e. The lowest BCUT2D eigenvalue weighted by molar-refractivity contribution is 0.479. The van der Waals surface area contributed by atoms with E-state index >= 15 is 0 Å². The van der Waals surface area contributed by atoms with Crippen LogP contribution in [-0.4, -0.2) is 76.5 Å². The molecule has 3 rings (SSSR count). The molecule has 1 aromatic heterocycles. The fourth-order valence-corrected chi connectivity index (χ4v) is 5.33. The number of sulfonamides is 1. The van der Waals surface area contributed by atoms with Crippen molar-refractivity contribution in [2.24, 2.45) is 0 Å². The molecule has 0 amide bonds. The SMILES string of the molecule is CN(C)c1nc(NCCNS(=O)(=O)c2ccc(C#N)c(C#N)c2)nc(Nc2cc(S(=O)(=O)O)ccc2S(=O)(=O)O)n1. The van der Waals surface area contributed by atoms with Gasteiger partial charge in [-0.15, -0.1) is 0 Å². The van der Waals surface area contributed by atoms with Crippen LogP contribution in [0.5, 0.6) is 0 Å². The molecule has 0 saturated carbocycles. The van der Waals surface area contributed by atoms with Gasteiger partial charge in [0.1, 0.15) is 17.0 Å². The normalized spacial score (nSPS) is 11.8. The molecule has 0 aliphatic rings. The number of nitriles is 2. The molecule has 0 saturated heterocycles. The number of nitrogens with one attached hydrogen (secondary N) is 3. The van der Waals surface area contributed by atoms with Crippen molar-refractivity contribution in [2.45, 2.75) is 14.7 Å². The molecule has 0 unspecified atom stereocenters. The number of rotatable bonds is 11. The Morgan fingerprint density at radius 3 is 2.02 bits per heavy atom. The maximum atomic E-state index is 12.6. The fourth-order valence-electron chi connectivity index (χ4n) is 3.14. The lowest BCUT2D eigenvalue weighted by Gasteiger charge is -2.15. The number of hydrogen-bond acceptors (Lipinski definition) is 14. The van der Waals surface area contributed by atoms with E-state index in [1.165, 1.54) is 17.0 Å². The summed E-state index contributed by atoms with van der Waals surface area (Å²) in [6.45, 7) is -0.245. The topological polar surface area (TPSA) is 268 Å². The van der Waals surface area contributed by atoms with Gasteiger partial charge in [-0.25, -0.2) is 13.1 Å². The van der Waals surface area contributed by atoms with Crippen molar-refractivity contribution >= 4 is 53.8 Å². The van der Waals surface area contributed by atoms with Crippen molar-refractivity contribution in [1.82, 2.24) is 19.7 Å². The Morgan fingerprint density at radius 1 is 0.805 bits per heavy atom. The molecule has 2 aromatic carbocycles. The Hall–Kier alpha value is -4.44. The summed E-state index contributed by atoms with van der Waals surface area (Å²) in [6.07, 6.45) is 0. The predicted molar refractivity (Wildman–Crippen MR) is 143 cm³/mol.